The quantitative estimate of drug-likeness (QED) is 0.643. The van der Waals surface area contributed by atoms with E-state index in [1.165, 1.54) is 19.7 Å². The van der Waals surface area contributed by atoms with Gasteiger partial charge in [-0.05, 0) is 0 Å². The molecule has 0 aliphatic carbocycles. The van der Waals surface area contributed by atoms with Crippen LogP contribution >= 0.6 is 0 Å². The van der Waals surface area contributed by atoms with E-state index in [2.05, 4.69) is 79.8 Å². The summed E-state index contributed by atoms with van der Waals surface area (Å²) in [6.07, 6.45) is 0. The molecule has 1 radical (unpaired) electrons. The Kier molecular flexibility index (Phi) is 4.07. The molecule has 0 aromatic heterocycles. The maximum absolute atomic E-state index is 2.38. The molecule has 3 rings (SSSR count). The molecule has 0 N–H and O–H groups in total. The second kappa shape index (κ2) is 5.97. The van der Waals surface area contributed by atoms with Crippen molar-refractivity contribution in [1.29, 1.82) is 0 Å². The summed E-state index contributed by atoms with van der Waals surface area (Å²) >= 11 is 0.383. The van der Waals surface area contributed by atoms with Crippen LogP contribution in [-0.4, -0.2) is 23.8 Å². The van der Waals surface area contributed by atoms with E-state index in [-0.39, 0.29) is 0 Å². The first-order valence-electron chi connectivity index (χ1n) is 6.81. The van der Waals surface area contributed by atoms with Gasteiger partial charge in [0.05, 0.1) is 0 Å². The summed E-state index contributed by atoms with van der Waals surface area (Å²) in [5.74, 6) is 0. The van der Waals surface area contributed by atoms with E-state index in [0.29, 0.717) is 15.0 Å². The number of fused-ring (bicyclic) bond motifs is 1. The Balaban J connectivity index is 2.15. The van der Waals surface area contributed by atoms with Crippen LogP contribution in [0.1, 0.15) is 0 Å². The van der Waals surface area contributed by atoms with Gasteiger partial charge in [-0.1, -0.05) is 0 Å². The Morgan fingerprint density at radius 3 is 2.15 bits per heavy atom. The molecule has 2 heteroatoms. The third-order valence-electron chi connectivity index (χ3n) is 3.38. The van der Waals surface area contributed by atoms with Gasteiger partial charge in [-0.15, -0.1) is 0 Å². The topological polar surface area (TPSA) is 0 Å². The average Bonchev–Trinajstić information content (AvgIpc) is 2.48. The standard InChI is InChI=1S/C18H17SeSi/c1-20(2)17-13-7-9-14-8-6-12-16(18(14)17)19-15-10-4-3-5-11-15/h3-13H,1-2H3. The zero-order valence-electron chi connectivity index (χ0n) is 11.8. The van der Waals surface area contributed by atoms with Crippen LogP contribution in [0.3, 0.4) is 0 Å². The molecule has 3 aromatic rings. The van der Waals surface area contributed by atoms with Crippen molar-refractivity contribution < 1.29 is 0 Å². The average molecular weight is 340 g/mol. The molecule has 0 spiro atoms. The van der Waals surface area contributed by atoms with Crippen LogP contribution in [0, 0.1) is 0 Å². The molecule has 0 saturated heterocycles. The zero-order valence-corrected chi connectivity index (χ0v) is 14.5. The predicted molar refractivity (Wildman–Crippen MR) is 92.5 cm³/mol. The summed E-state index contributed by atoms with van der Waals surface area (Å²) in [5, 5.41) is 4.47. The Morgan fingerprint density at radius 1 is 0.750 bits per heavy atom. The molecule has 99 valence electrons. The van der Waals surface area contributed by atoms with Crippen LogP contribution < -0.4 is 14.1 Å². The molecule has 3 aromatic carbocycles. The fraction of sp³-hybridized carbons (Fsp3) is 0.111. The summed E-state index contributed by atoms with van der Waals surface area (Å²) < 4.78 is 2.96. The Bertz CT molecular complexity index is 715. The molecule has 0 saturated carbocycles. The number of hydrogen-bond donors (Lipinski definition) is 0. The van der Waals surface area contributed by atoms with Crippen molar-refractivity contribution in [2.24, 2.45) is 0 Å². The van der Waals surface area contributed by atoms with Crippen LogP contribution in [-0.2, 0) is 0 Å². The van der Waals surface area contributed by atoms with Crippen LogP contribution in [0.5, 0.6) is 0 Å². The van der Waals surface area contributed by atoms with Gasteiger partial charge in [0.15, 0.2) is 0 Å². The SMILES string of the molecule is C[Si](C)c1cccc2cccc([Se]c3ccccc3)c12. The second-order valence-corrected chi connectivity index (χ2v) is 9.95. The Morgan fingerprint density at radius 2 is 1.45 bits per heavy atom. The van der Waals surface area contributed by atoms with Crippen molar-refractivity contribution in [3.8, 4) is 0 Å². The van der Waals surface area contributed by atoms with Gasteiger partial charge in [0.2, 0.25) is 0 Å². The van der Waals surface area contributed by atoms with Crippen molar-refractivity contribution >= 4 is 48.6 Å². The van der Waals surface area contributed by atoms with Gasteiger partial charge in [-0.2, -0.15) is 0 Å². The fourth-order valence-electron chi connectivity index (χ4n) is 2.42. The van der Waals surface area contributed by atoms with Crippen molar-refractivity contribution in [3.05, 3.63) is 66.7 Å². The van der Waals surface area contributed by atoms with Crippen molar-refractivity contribution in [2.75, 3.05) is 0 Å². The van der Waals surface area contributed by atoms with E-state index in [0.717, 1.165) is 0 Å². The maximum atomic E-state index is 2.38. The predicted octanol–water partition coefficient (Wildman–Crippen LogP) is 2.46. The minimum atomic E-state index is -0.441. The van der Waals surface area contributed by atoms with E-state index in [1.54, 1.807) is 5.19 Å². The van der Waals surface area contributed by atoms with Gasteiger partial charge in [-0.25, -0.2) is 0 Å². The normalized spacial score (nSPS) is 11.2. The molecule has 20 heavy (non-hydrogen) atoms. The Labute approximate surface area is 128 Å². The summed E-state index contributed by atoms with van der Waals surface area (Å²) in [4.78, 5) is 0. The van der Waals surface area contributed by atoms with Crippen LogP contribution in [0.4, 0.5) is 0 Å². The van der Waals surface area contributed by atoms with E-state index in [1.807, 2.05) is 0 Å². The molecular formula is C18H17SeSi. The van der Waals surface area contributed by atoms with Crippen molar-refractivity contribution in [1.82, 2.24) is 0 Å². The van der Waals surface area contributed by atoms with Gasteiger partial charge >= 0.3 is 128 Å². The molecule has 0 fully saturated rings. The molecular weight excluding hydrogens is 323 g/mol. The summed E-state index contributed by atoms with van der Waals surface area (Å²) in [5.41, 5.74) is 0. The van der Waals surface area contributed by atoms with E-state index < -0.39 is 8.80 Å². The van der Waals surface area contributed by atoms with Crippen molar-refractivity contribution in [3.63, 3.8) is 0 Å². The molecule has 0 heterocycles. The summed E-state index contributed by atoms with van der Waals surface area (Å²) in [7, 11) is -0.441. The molecule has 0 amide bonds. The summed E-state index contributed by atoms with van der Waals surface area (Å²) in [6, 6.07) is 24.4. The number of hydrogen-bond acceptors (Lipinski definition) is 0. The van der Waals surface area contributed by atoms with Gasteiger partial charge in [0.1, 0.15) is 0 Å². The molecule has 0 unspecified atom stereocenters. The molecule has 0 aliphatic heterocycles. The minimum absolute atomic E-state index is 0.383. The number of benzene rings is 3. The third kappa shape index (κ3) is 2.73. The molecule has 0 aliphatic rings. The van der Waals surface area contributed by atoms with E-state index in [9.17, 15) is 0 Å². The van der Waals surface area contributed by atoms with Gasteiger partial charge in [0.25, 0.3) is 0 Å². The zero-order chi connectivity index (χ0) is 13.9. The van der Waals surface area contributed by atoms with E-state index in [4.69, 9.17) is 0 Å². The van der Waals surface area contributed by atoms with Gasteiger partial charge in [-0.3, -0.25) is 0 Å². The fourth-order valence-corrected chi connectivity index (χ4v) is 5.98. The van der Waals surface area contributed by atoms with Crippen LogP contribution in [0.25, 0.3) is 10.8 Å². The molecule has 0 atom stereocenters. The molecule has 0 bridgehead atoms. The first-order chi connectivity index (χ1) is 9.75. The van der Waals surface area contributed by atoms with Gasteiger partial charge in [0, 0.05) is 0 Å². The van der Waals surface area contributed by atoms with Crippen LogP contribution in [0.15, 0.2) is 66.7 Å². The second-order valence-electron chi connectivity index (χ2n) is 5.07. The Hall–Kier alpha value is -1.34. The first kappa shape index (κ1) is 13.6. The third-order valence-corrected chi connectivity index (χ3v) is 7.11. The first-order valence-corrected chi connectivity index (χ1v) is 11.0. The monoisotopic (exact) mass is 341 g/mol. The van der Waals surface area contributed by atoms with E-state index >= 15 is 0 Å². The molecule has 0 nitrogen and oxygen atoms in total. The van der Waals surface area contributed by atoms with Crippen molar-refractivity contribution in [2.45, 2.75) is 13.1 Å². The summed E-state index contributed by atoms with van der Waals surface area (Å²) in [6.45, 7) is 4.76. The van der Waals surface area contributed by atoms with Crippen LogP contribution in [0.2, 0.25) is 13.1 Å². The van der Waals surface area contributed by atoms with Gasteiger partial charge < -0.3 is 0 Å². The number of rotatable bonds is 3.